The first-order chi connectivity index (χ1) is 23.5. The Labute approximate surface area is 291 Å². The number of anilines is 1. The molecule has 4 aromatic rings. The smallest absolute Gasteiger partial charge is 0.248 e. The van der Waals surface area contributed by atoms with E-state index in [1.54, 1.807) is 36.4 Å². The van der Waals surface area contributed by atoms with Crippen molar-refractivity contribution >= 4 is 50.2 Å². The normalized spacial score (nSPS) is 23.7. The molecule has 2 amide bonds. The van der Waals surface area contributed by atoms with Crippen LogP contribution >= 0.6 is 15.9 Å². The number of fused-ring (bicyclic) bond motifs is 2. The van der Waals surface area contributed by atoms with E-state index in [4.69, 9.17) is 0 Å². The zero-order valence-electron chi connectivity index (χ0n) is 27.8. The van der Waals surface area contributed by atoms with E-state index < -0.39 is 12.7 Å². The number of ketones is 1. The van der Waals surface area contributed by atoms with E-state index in [2.05, 4.69) is 46.2 Å². The molecule has 254 valence electrons. The zero-order chi connectivity index (χ0) is 34.2. The Morgan fingerprint density at radius 3 is 2.49 bits per heavy atom. The summed E-state index contributed by atoms with van der Waals surface area (Å²) in [4.78, 5) is 58.4. The monoisotopic (exact) mass is 728 g/mol. The molecule has 3 atom stereocenters. The van der Waals surface area contributed by atoms with Gasteiger partial charge in [0, 0.05) is 66.9 Å². The maximum absolute atomic E-state index is 14.7. The van der Waals surface area contributed by atoms with Gasteiger partial charge < -0.3 is 15.1 Å². The summed E-state index contributed by atoms with van der Waals surface area (Å²) < 4.78 is 16.8. The lowest BCUT2D eigenvalue weighted by atomic mass is 9.63. The van der Waals surface area contributed by atoms with Crippen LogP contribution in [0.3, 0.4) is 0 Å². The first-order valence-corrected chi connectivity index (χ1v) is 17.6. The fourth-order valence-corrected chi connectivity index (χ4v) is 8.83. The standard InChI is InChI=1S/C36H38BrFN8O3/c1-20-5-6-29(37)41-33(20)42-34(49)27-11-36(19-44-17-35(18-44)7-4-8-35)12-28(36)46(27)30(48)16-45-32-24(13-38)9-23(25-14-39-22(3)40-15-25)10-26(32)31(43-45)21(2)47/h5-6,9-10,14-15,27-28H,4,7-8,11-13,16-19H2,1-3H3,(H,41,42,49)/t27-,28+,36-/m0/s1. The van der Waals surface area contributed by atoms with Crippen LogP contribution in [-0.4, -0.2) is 83.8 Å². The van der Waals surface area contributed by atoms with Crippen LogP contribution in [0.15, 0.2) is 41.3 Å². The highest BCUT2D eigenvalue weighted by atomic mass is 79.9. The molecule has 0 unspecified atom stereocenters. The molecule has 2 saturated heterocycles. The third kappa shape index (κ3) is 5.54. The third-order valence-electron chi connectivity index (χ3n) is 11.2. The summed E-state index contributed by atoms with van der Waals surface area (Å²) in [5.74, 6) is 0.186. The Balaban J connectivity index is 1.11. The molecular formula is C36H38BrFN8O3. The molecule has 0 radical (unpaired) electrons. The number of hydrogen-bond donors (Lipinski definition) is 1. The summed E-state index contributed by atoms with van der Waals surface area (Å²) in [5.41, 5.74) is 3.31. The second-order valence-corrected chi connectivity index (χ2v) is 15.4. The van der Waals surface area contributed by atoms with E-state index in [0.717, 1.165) is 31.6 Å². The number of likely N-dealkylation sites (tertiary alicyclic amines) is 2. The van der Waals surface area contributed by atoms with Crippen molar-refractivity contribution < 1.29 is 18.8 Å². The van der Waals surface area contributed by atoms with E-state index in [-0.39, 0.29) is 41.3 Å². The van der Waals surface area contributed by atoms with Gasteiger partial charge in [-0.2, -0.15) is 5.10 Å². The number of alkyl halides is 1. The highest BCUT2D eigenvalue weighted by Gasteiger charge is 2.68. The molecule has 1 aromatic carbocycles. The molecule has 13 heteroatoms. The number of carbonyl (C=O) groups is 3. The van der Waals surface area contributed by atoms with E-state index in [0.29, 0.717) is 55.7 Å². The Bertz CT molecular complexity index is 2020. The number of halogens is 2. The number of hydrogen-bond acceptors (Lipinski definition) is 8. The number of nitrogens with one attached hydrogen (secondary N) is 1. The van der Waals surface area contributed by atoms with Gasteiger partial charge in [0.25, 0.3) is 0 Å². The molecule has 2 aliphatic carbocycles. The summed E-state index contributed by atoms with van der Waals surface area (Å²) in [6.07, 6.45) is 8.58. The van der Waals surface area contributed by atoms with Crippen molar-refractivity contribution in [1.82, 2.24) is 34.5 Å². The average molecular weight is 730 g/mol. The molecule has 0 bridgehead atoms. The maximum Gasteiger partial charge on any atom is 0.248 e. The van der Waals surface area contributed by atoms with Gasteiger partial charge in [0.1, 0.15) is 41.2 Å². The van der Waals surface area contributed by atoms with Gasteiger partial charge in [-0.3, -0.25) is 19.1 Å². The molecule has 5 heterocycles. The molecule has 3 aromatic heterocycles. The lowest BCUT2D eigenvalue weighted by Gasteiger charge is -2.56. The second-order valence-electron chi connectivity index (χ2n) is 14.6. The minimum atomic E-state index is -0.828. The molecule has 4 fully saturated rings. The van der Waals surface area contributed by atoms with Gasteiger partial charge in [0.2, 0.25) is 11.8 Å². The molecular weight excluding hydrogens is 691 g/mol. The van der Waals surface area contributed by atoms with E-state index in [1.807, 2.05) is 19.1 Å². The molecule has 4 aliphatic rings. The van der Waals surface area contributed by atoms with Crippen LogP contribution in [0.1, 0.15) is 66.5 Å². The van der Waals surface area contributed by atoms with Crippen LogP contribution < -0.4 is 5.32 Å². The van der Waals surface area contributed by atoms with Crippen molar-refractivity contribution in [3.63, 3.8) is 0 Å². The minimum Gasteiger partial charge on any atom is -0.325 e. The minimum absolute atomic E-state index is 0.0897. The van der Waals surface area contributed by atoms with Gasteiger partial charge in [0.05, 0.1) is 5.52 Å². The molecule has 2 aliphatic heterocycles. The van der Waals surface area contributed by atoms with Crippen LogP contribution in [0.2, 0.25) is 0 Å². The van der Waals surface area contributed by atoms with Crippen molar-refractivity contribution in [2.45, 2.75) is 78.2 Å². The Kier molecular flexibility index (Phi) is 7.71. The fraction of sp³-hybridized carbons (Fsp3) is 0.472. The number of piperidine rings is 1. The van der Waals surface area contributed by atoms with Crippen LogP contribution in [0.5, 0.6) is 0 Å². The predicted octanol–water partition coefficient (Wildman–Crippen LogP) is 5.42. The summed E-state index contributed by atoms with van der Waals surface area (Å²) in [6, 6.07) is 6.37. The van der Waals surface area contributed by atoms with Gasteiger partial charge >= 0.3 is 0 Å². The lowest BCUT2D eigenvalue weighted by molar-refractivity contribution is -0.138. The molecule has 49 heavy (non-hydrogen) atoms. The van der Waals surface area contributed by atoms with Crippen molar-refractivity contribution in [3.05, 3.63) is 63.9 Å². The van der Waals surface area contributed by atoms with Gasteiger partial charge in [-0.25, -0.2) is 19.3 Å². The number of rotatable bonds is 9. The van der Waals surface area contributed by atoms with Crippen molar-refractivity contribution in [1.29, 1.82) is 0 Å². The van der Waals surface area contributed by atoms with Crippen LogP contribution in [-0.2, 0) is 22.8 Å². The first-order valence-electron chi connectivity index (χ1n) is 16.9. The third-order valence-corrected chi connectivity index (χ3v) is 11.6. The number of aryl methyl sites for hydroxylation is 2. The molecule has 1 spiro atoms. The van der Waals surface area contributed by atoms with Crippen LogP contribution in [0, 0.1) is 24.7 Å². The van der Waals surface area contributed by atoms with E-state index in [1.165, 1.54) is 30.9 Å². The van der Waals surface area contributed by atoms with Crippen LogP contribution in [0.25, 0.3) is 22.0 Å². The van der Waals surface area contributed by atoms with E-state index >= 15 is 0 Å². The number of Topliss-reactive ketones (excluding diaryl/α,β-unsaturated/α-hetero) is 1. The molecule has 8 rings (SSSR count). The summed E-state index contributed by atoms with van der Waals surface area (Å²) in [7, 11) is 0. The average Bonchev–Trinajstić information content (AvgIpc) is 3.44. The summed E-state index contributed by atoms with van der Waals surface area (Å²) in [5, 5.41) is 8.02. The van der Waals surface area contributed by atoms with Gasteiger partial charge in [0.15, 0.2) is 5.78 Å². The number of amides is 2. The number of carbonyl (C=O) groups excluding carboxylic acids is 3. The highest BCUT2D eigenvalue weighted by Crippen LogP contribution is 2.61. The quantitative estimate of drug-likeness (QED) is 0.179. The SMILES string of the molecule is CC(=O)c1nn(CC(=O)N2[C@H](C(=O)Nc3nc(Br)ccc3C)C[C@@]3(CN4CC5(CCC5)C4)C[C@@H]23)c2c(CF)cc(-c3cnc(C)nc3)cc12. The summed E-state index contributed by atoms with van der Waals surface area (Å²) in [6.45, 7) is 7.03. The second kappa shape index (κ2) is 11.8. The topological polar surface area (TPSA) is 126 Å². The Morgan fingerprint density at radius 2 is 1.82 bits per heavy atom. The zero-order valence-corrected chi connectivity index (χ0v) is 29.4. The summed E-state index contributed by atoms with van der Waals surface area (Å²) >= 11 is 3.39. The number of aromatic nitrogens is 5. The number of benzene rings is 1. The van der Waals surface area contributed by atoms with Crippen molar-refractivity contribution in [2.24, 2.45) is 10.8 Å². The number of pyridine rings is 1. The van der Waals surface area contributed by atoms with Crippen molar-refractivity contribution in [3.8, 4) is 11.1 Å². The van der Waals surface area contributed by atoms with Gasteiger partial charge in [-0.15, -0.1) is 0 Å². The predicted molar refractivity (Wildman–Crippen MR) is 184 cm³/mol. The number of nitrogens with zero attached hydrogens (tertiary/aromatic N) is 7. The maximum atomic E-state index is 14.7. The lowest BCUT2D eigenvalue weighted by Crippen LogP contribution is -2.60. The fourth-order valence-electron chi connectivity index (χ4n) is 8.52. The molecule has 2 saturated carbocycles. The van der Waals surface area contributed by atoms with Gasteiger partial charge in [-0.1, -0.05) is 12.5 Å². The molecule has 11 nitrogen and oxygen atoms in total. The molecule has 1 N–H and O–H groups in total. The first kappa shape index (κ1) is 32.1. The highest BCUT2D eigenvalue weighted by molar-refractivity contribution is 9.10. The Morgan fingerprint density at radius 1 is 1.06 bits per heavy atom. The largest absolute Gasteiger partial charge is 0.325 e. The Hall–Kier alpha value is -4.10. The van der Waals surface area contributed by atoms with Gasteiger partial charge in [-0.05, 0) is 90.2 Å². The van der Waals surface area contributed by atoms with E-state index in [9.17, 15) is 18.8 Å². The van der Waals surface area contributed by atoms with Crippen LogP contribution in [0.4, 0.5) is 10.2 Å². The van der Waals surface area contributed by atoms with Crippen molar-refractivity contribution in [2.75, 3.05) is 25.0 Å².